The molecule has 2 N–H and O–H groups in total. The van der Waals surface area contributed by atoms with Crippen LogP contribution in [0, 0.1) is 5.92 Å². The molecule has 3 aromatic rings. The van der Waals surface area contributed by atoms with Gasteiger partial charge in [-0.3, -0.25) is 14.9 Å². The predicted molar refractivity (Wildman–Crippen MR) is 141 cm³/mol. The van der Waals surface area contributed by atoms with E-state index in [1.807, 2.05) is 36.4 Å². The van der Waals surface area contributed by atoms with Gasteiger partial charge in [0.1, 0.15) is 16.7 Å². The molecule has 1 atom stereocenters. The summed E-state index contributed by atoms with van der Waals surface area (Å²) in [6, 6.07) is 13.3. The number of methoxy groups -OCH3 is 1. The molecule has 0 bridgehead atoms. The van der Waals surface area contributed by atoms with Crippen LogP contribution in [0.5, 0.6) is 5.75 Å². The lowest BCUT2D eigenvalue weighted by Crippen LogP contribution is -2.38. The summed E-state index contributed by atoms with van der Waals surface area (Å²) in [5, 5.41) is 3.93. The van der Waals surface area contributed by atoms with E-state index in [1.54, 1.807) is 25.4 Å². The number of hydrogen-bond donors (Lipinski definition) is 2. The molecule has 0 aliphatic carbocycles. The number of fused-ring (bicyclic) bond motifs is 1. The Kier molecular flexibility index (Phi) is 7.30. The quantitative estimate of drug-likeness (QED) is 0.453. The van der Waals surface area contributed by atoms with Crippen molar-refractivity contribution in [1.29, 1.82) is 0 Å². The van der Waals surface area contributed by atoms with Crippen molar-refractivity contribution in [2.45, 2.75) is 17.7 Å². The van der Waals surface area contributed by atoms with Gasteiger partial charge >= 0.3 is 0 Å². The number of ether oxygens (including phenoxy) is 1. The molecule has 0 saturated carbocycles. The fraction of sp³-hybridized carbons (Fsp3) is 0.280. The molecule has 2 saturated heterocycles. The van der Waals surface area contributed by atoms with E-state index in [0.29, 0.717) is 29.0 Å². The van der Waals surface area contributed by atoms with Crippen molar-refractivity contribution in [1.82, 2.24) is 20.0 Å². The lowest BCUT2D eigenvalue weighted by atomic mass is 9.97. The molecule has 1 unspecified atom stereocenters. The van der Waals surface area contributed by atoms with Gasteiger partial charge < -0.3 is 9.64 Å². The molecule has 1 aromatic heterocycles. The third-order valence-electron chi connectivity index (χ3n) is 6.22. The lowest BCUT2D eigenvalue weighted by Gasteiger charge is -2.32. The highest BCUT2D eigenvalue weighted by Gasteiger charge is 2.26. The molecule has 3 heterocycles. The molecule has 2 amide bonds. The highest BCUT2D eigenvalue weighted by molar-refractivity contribution is 8.18. The predicted octanol–water partition coefficient (Wildman–Crippen LogP) is 3.49. The summed E-state index contributed by atoms with van der Waals surface area (Å²) in [7, 11) is 0.353. The molecular formula is C25H25N5O4S2. The van der Waals surface area contributed by atoms with E-state index in [1.165, 1.54) is 0 Å². The van der Waals surface area contributed by atoms with Gasteiger partial charge in [-0.15, -0.1) is 0 Å². The average molecular weight is 524 g/mol. The van der Waals surface area contributed by atoms with E-state index in [0.717, 1.165) is 59.1 Å². The SMILES string of the molecule is COc1ccc2cc(S(=O)NCC3CCN(c4nccc(C=C5SC(=O)NC5=O)n4)CC3)ccc2c1. The van der Waals surface area contributed by atoms with E-state index in [4.69, 9.17) is 4.74 Å². The fourth-order valence-electron chi connectivity index (χ4n) is 4.21. The molecule has 9 nitrogen and oxygen atoms in total. The van der Waals surface area contributed by atoms with Gasteiger partial charge in [-0.1, -0.05) is 12.1 Å². The van der Waals surface area contributed by atoms with Crippen molar-refractivity contribution in [3.8, 4) is 5.75 Å². The minimum absolute atomic E-state index is 0.327. The van der Waals surface area contributed by atoms with Crippen LogP contribution in [-0.4, -0.2) is 52.1 Å². The zero-order valence-corrected chi connectivity index (χ0v) is 21.2. The van der Waals surface area contributed by atoms with Gasteiger partial charge in [0.15, 0.2) is 0 Å². The molecule has 186 valence electrons. The first-order valence-corrected chi connectivity index (χ1v) is 13.5. The molecule has 0 radical (unpaired) electrons. The number of imide groups is 1. The summed E-state index contributed by atoms with van der Waals surface area (Å²) in [5.74, 6) is 1.39. The maximum absolute atomic E-state index is 12.9. The lowest BCUT2D eigenvalue weighted by molar-refractivity contribution is -0.115. The third kappa shape index (κ3) is 5.58. The maximum Gasteiger partial charge on any atom is 0.290 e. The molecule has 11 heteroatoms. The molecular weight excluding hydrogens is 498 g/mol. The Balaban J connectivity index is 1.15. The Morgan fingerprint density at radius 3 is 2.69 bits per heavy atom. The van der Waals surface area contributed by atoms with Gasteiger partial charge in [0.25, 0.3) is 11.1 Å². The molecule has 2 aliphatic rings. The van der Waals surface area contributed by atoms with Crippen molar-refractivity contribution in [2.24, 2.45) is 5.92 Å². The Labute approximate surface area is 215 Å². The van der Waals surface area contributed by atoms with Crippen LogP contribution < -0.4 is 19.7 Å². The third-order valence-corrected chi connectivity index (χ3v) is 8.14. The van der Waals surface area contributed by atoms with Gasteiger partial charge in [-0.05, 0) is 77.7 Å². The number of nitrogens with zero attached hydrogens (tertiary/aromatic N) is 3. The van der Waals surface area contributed by atoms with Crippen LogP contribution in [0.25, 0.3) is 16.8 Å². The number of nitrogens with one attached hydrogen (secondary N) is 2. The number of carbonyl (C=O) groups is 2. The molecule has 2 aromatic carbocycles. The number of anilines is 1. The molecule has 2 fully saturated rings. The summed E-state index contributed by atoms with van der Waals surface area (Å²) in [4.78, 5) is 35.3. The Morgan fingerprint density at radius 2 is 1.94 bits per heavy atom. The summed E-state index contributed by atoms with van der Waals surface area (Å²) in [6.07, 6.45) is 5.10. The summed E-state index contributed by atoms with van der Waals surface area (Å²) < 4.78 is 21.3. The molecule has 2 aliphatic heterocycles. The van der Waals surface area contributed by atoms with Crippen molar-refractivity contribution < 1.29 is 18.5 Å². The van der Waals surface area contributed by atoms with E-state index >= 15 is 0 Å². The highest BCUT2D eigenvalue weighted by atomic mass is 32.2. The number of piperidine rings is 1. The topological polar surface area (TPSA) is 114 Å². The van der Waals surface area contributed by atoms with Gasteiger partial charge in [0.05, 0.1) is 22.6 Å². The van der Waals surface area contributed by atoms with Gasteiger partial charge in [0.2, 0.25) is 5.95 Å². The fourth-order valence-corrected chi connectivity index (χ4v) is 5.85. The van der Waals surface area contributed by atoms with Crippen LogP contribution in [-0.2, 0) is 15.8 Å². The Morgan fingerprint density at radius 1 is 1.17 bits per heavy atom. The molecule has 5 rings (SSSR count). The van der Waals surface area contributed by atoms with Crippen LogP contribution in [0.15, 0.2) is 58.5 Å². The van der Waals surface area contributed by atoms with Gasteiger partial charge in [-0.2, -0.15) is 0 Å². The van der Waals surface area contributed by atoms with E-state index in [-0.39, 0.29) is 5.24 Å². The number of rotatable bonds is 7. The van der Waals surface area contributed by atoms with Crippen molar-refractivity contribution >= 4 is 56.7 Å². The minimum Gasteiger partial charge on any atom is -0.497 e. The zero-order chi connectivity index (χ0) is 25.1. The second-order valence-corrected chi connectivity index (χ2v) is 10.9. The van der Waals surface area contributed by atoms with E-state index in [9.17, 15) is 13.8 Å². The summed E-state index contributed by atoms with van der Waals surface area (Å²) in [5.41, 5.74) is 0.584. The average Bonchev–Trinajstić information content (AvgIpc) is 3.23. The van der Waals surface area contributed by atoms with E-state index in [2.05, 4.69) is 24.9 Å². The number of carbonyl (C=O) groups excluding carboxylic acids is 2. The van der Waals surface area contributed by atoms with Crippen LogP contribution in [0.4, 0.5) is 10.7 Å². The normalized spacial score (nSPS) is 18.6. The Bertz CT molecular complexity index is 1370. The first-order valence-electron chi connectivity index (χ1n) is 11.5. The van der Waals surface area contributed by atoms with Crippen LogP contribution >= 0.6 is 11.8 Å². The number of benzene rings is 2. The summed E-state index contributed by atoms with van der Waals surface area (Å²) in [6.45, 7) is 2.23. The standard InChI is InChI=1S/C25H25N5O4S2/c1-34-20-4-2-18-13-21(5-3-17(18)12-20)36(33)27-15-16-7-10-30(11-8-16)24-26-9-6-19(28-24)14-22-23(31)29-25(32)35-22/h2-6,9,12-14,16,27H,7-8,10-11,15H2,1H3,(H,29,31,32). The van der Waals surface area contributed by atoms with Crippen molar-refractivity contribution in [2.75, 3.05) is 31.6 Å². The second-order valence-electron chi connectivity index (χ2n) is 8.56. The van der Waals surface area contributed by atoms with Gasteiger partial charge in [0, 0.05) is 25.8 Å². The number of hydrogen-bond acceptors (Lipinski definition) is 8. The van der Waals surface area contributed by atoms with E-state index < -0.39 is 16.9 Å². The zero-order valence-electron chi connectivity index (χ0n) is 19.6. The van der Waals surface area contributed by atoms with Crippen LogP contribution in [0.1, 0.15) is 18.5 Å². The first-order chi connectivity index (χ1) is 17.5. The summed E-state index contributed by atoms with van der Waals surface area (Å²) >= 11 is 0.869. The molecule has 0 spiro atoms. The monoisotopic (exact) mass is 523 g/mol. The first kappa shape index (κ1) is 24.4. The van der Waals surface area contributed by atoms with Crippen LogP contribution in [0.2, 0.25) is 0 Å². The largest absolute Gasteiger partial charge is 0.497 e. The number of thioether (sulfide) groups is 1. The van der Waals surface area contributed by atoms with Gasteiger partial charge in [-0.25, -0.2) is 18.9 Å². The van der Waals surface area contributed by atoms with Crippen molar-refractivity contribution in [3.05, 3.63) is 59.3 Å². The number of amides is 2. The second kappa shape index (κ2) is 10.8. The highest BCUT2D eigenvalue weighted by Crippen LogP contribution is 2.26. The smallest absolute Gasteiger partial charge is 0.290 e. The number of aromatic nitrogens is 2. The van der Waals surface area contributed by atoms with Crippen molar-refractivity contribution in [3.63, 3.8) is 0 Å². The van der Waals surface area contributed by atoms with Crippen LogP contribution in [0.3, 0.4) is 0 Å². The minimum atomic E-state index is -1.29. The Hall–Kier alpha value is -3.28. The molecule has 36 heavy (non-hydrogen) atoms. The maximum atomic E-state index is 12.9.